The van der Waals surface area contributed by atoms with E-state index < -0.39 is 5.60 Å². The van der Waals surface area contributed by atoms with E-state index in [2.05, 4.69) is 46.6 Å². The number of carbonyl (C=O) groups excluding carboxylic acids is 1. The van der Waals surface area contributed by atoms with Crippen molar-refractivity contribution in [1.82, 2.24) is 9.80 Å². The zero-order chi connectivity index (χ0) is 23.4. The lowest BCUT2D eigenvalue weighted by molar-refractivity contribution is -0.0489. The predicted octanol–water partition coefficient (Wildman–Crippen LogP) is 4.32. The van der Waals surface area contributed by atoms with Crippen molar-refractivity contribution in [2.45, 2.75) is 38.0 Å². The fraction of sp³-hybridized carbons (Fsp3) is 0.345. The molecule has 34 heavy (non-hydrogen) atoms. The van der Waals surface area contributed by atoms with Crippen LogP contribution in [0.2, 0.25) is 0 Å². The molecule has 0 spiro atoms. The molecule has 1 atom stereocenters. The smallest absolute Gasteiger partial charge is 0.254 e. The molecule has 1 amide bonds. The predicted molar refractivity (Wildman–Crippen MR) is 136 cm³/mol. The van der Waals surface area contributed by atoms with Crippen LogP contribution in [0.15, 0.2) is 78.9 Å². The van der Waals surface area contributed by atoms with E-state index in [4.69, 9.17) is 0 Å². The van der Waals surface area contributed by atoms with Crippen molar-refractivity contribution in [3.05, 3.63) is 101 Å². The Morgan fingerprint density at radius 3 is 2.59 bits per heavy atom. The summed E-state index contributed by atoms with van der Waals surface area (Å²) in [7, 11) is 0. The van der Waals surface area contributed by atoms with Crippen molar-refractivity contribution in [3.63, 3.8) is 0 Å². The van der Waals surface area contributed by atoms with Gasteiger partial charge in [-0.2, -0.15) is 0 Å². The van der Waals surface area contributed by atoms with E-state index in [0.29, 0.717) is 31.7 Å². The number of hydrogen-bond donors (Lipinski definition) is 2. The van der Waals surface area contributed by atoms with Crippen LogP contribution < -0.4 is 5.32 Å². The molecule has 2 aliphatic rings. The van der Waals surface area contributed by atoms with Crippen molar-refractivity contribution in [2.75, 3.05) is 31.5 Å². The van der Waals surface area contributed by atoms with Crippen molar-refractivity contribution in [2.24, 2.45) is 0 Å². The maximum Gasteiger partial charge on any atom is 0.254 e. The van der Waals surface area contributed by atoms with Crippen LogP contribution in [0.5, 0.6) is 0 Å². The molecular weight excluding hydrogens is 422 g/mol. The first-order chi connectivity index (χ1) is 16.6. The second-order valence-electron chi connectivity index (χ2n) is 9.70. The number of β-amino-alcohol motifs (C(OH)–C–C–N with tert-alkyl or cyclic N) is 1. The van der Waals surface area contributed by atoms with Crippen molar-refractivity contribution >= 4 is 11.6 Å². The zero-order valence-corrected chi connectivity index (χ0v) is 19.6. The zero-order valence-electron chi connectivity index (χ0n) is 19.6. The molecule has 0 aliphatic carbocycles. The summed E-state index contributed by atoms with van der Waals surface area (Å²) in [6.45, 7) is 4.19. The fourth-order valence-electron chi connectivity index (χ4n) is 5.26. The summed E-state index contributed by atoms with van der Waals surface area (Å²) >= 11 is 0. The number of benzene rings is 3. The van der Waals surface area contributed by atoms with Gasteiger partial charge in [-0.05, 0) is 54.2 Å². The largest absolute Gasteiger partial charge is 0.387 e. The molecule has 176 valence electrons. The van der Waals surface area contributed by atoms with E-state index in [1.54, 1.807) is 0 Å². The minimum absolute atomic E-state index is 0.00882. The molecule has 3 aromatic rings. The number of nitrogens with zero attached hydrogens (tertiary/aromatic N) is 2. The van der Waals surface area contributed by atoms with Gasteiger partial charge >= 0.3 is 0 Å². The van der Waals surface area contributed by atoms with Crippen LogP contribution >= 0.6 is 0 Å². The number of rotatable bonds is 6. The molecule has 0 bridgehead atoms. The fourth-order valence-corrected chi connectivity index (χ4v) is 5.26. The van der Waals surface area contributed by atoms with E-state index in [1.165, 1.54) is 16.7 Å². The van der Waals surface area contributed by atoms with Gasteiger partial charge in [0.1, 0.15) is 0 Å². The summed E-state index contributed by atoms with van der Waals surface area (Å²) in [5.41, 5.74) is 4.67. The van der Waals surface area contributed by atoms with Crippen LogP contribution in [-0.4, -0.2) is 52.6 Å². The van der Waals surface area contributed by atoms with Crippen LogP contribution in [0.4, 0.5) is 5.69 Å². The lowest BCUT2D eigenvalue weighted by Crippen LogP contribution is -2.56. The minimum Gasteiger partial charge on any atom is -0.387 e. The Bertz CT molecular complexity index is 1130. The maximum absolute atomic E-state index is 13.3. The Balaban J connectivity index is 1.21. The summed E-state index contributed by atoms with van der Waals surface area (Å²) in [5.74, 6) is -0.00882. The van der Waals surface area contributed by atoms with Gasteiger partial charge in [0.05, 0.1) is 12.1 Å². The highest BCUT2D eigenvalue weighted by molar-refractivity contribution is 5.95. The lowest BCUT2D eigenvalue weighted by atomic mass is 9.90. The van der Waals surface area contributed by atoms with E-state index in [-0.39, 0.29) is 5.91 Å². The van der Waals surface area contributed by atoms with Crippen molar-refractivity contribution in [3.8, 4) is 0 Å². The number of amides is 1. The van der Waals surface area contributed by atoms with E-state index in [1.807, 2.05) is 47.4 Å². The normalized spacial score (nSPS) is 20.6. The van der Waals surface area contributed by atoms with Crippen LogP contribution in [0.25, 0.3) is 0 Å². The van der Waals surface area contributed by atoms with Crippen LogP contribution in [0.1, 0.15) is 39.9 Å². The van der Waals surface area contributed by atoms with Gasteiger partial charge in [-0.3, -0.25) is 9.69 Å². The number of piperidine rings is 1. The van der Waals surface area contributed by atoms with Crippen LogP contribution in [0.3, 0.4) is 0 Å². The monoisotopic (exact) mass is 455 g/mol. The van der Waals surface area contributed by atoms with Gasteiger partial charge in [-0.1, -0.05) is 60.7 Å². The molecule has 1 fully saturated rings. The molecule has 2 N–H and O–H groups in total. The third kappa shape index (κ3) is 5.32. The Morgan fingerprint density at radius 1 is 0.941 bits per heavy atom. The van der Waals surface area contributed by atoms with Crippen molar-refractivity contribution in [1.29, 1.82) is 0 Å². The SMILES string of the molecule is O=C(c1cccc(NCc2ccccc2)c1)N1CCCC(O)(CN2CCc3ccccc3C2)C1. The third-order valence-corrected chi connectivity index (χ3v) is 7.02. The molecule has 5 heteroatoms. The first kappa shape index (κ1) is 22.6. The first-order valence-corrected chi connectivity index (χ1v) is 12.3. The van der Waals surface area contributed by atoms with Gasteiger partial charge in [0, 0.05) is 44.0 Å². The van der Waals surface area contributed by atoms with Gasteiger partial charge in [0.2, 0.25) is 0 Å². The molecule has 2 heterocycles. The minimum atomic E-state index is -0.872. The summed E-state index contributed by atoms with van der Waals surface area (Å²) in [4.78, 5) is 17.5. The number of likely N-dealkylation sites (tertiary alicyclic amines) is 1. The summed E-state index contributed by atoms with van der Waals surface area (Å²) in [5, 5.41) is 14.9. The van der Waals surface area contributed by atoms with Gasteiger partial charge in [-0.15, -0.1) is 0 Å². The number of hydrogen-bond acceptors (Lipinski definition) is 4. The molecule has 2 aliphatic heterocycles. The molecule has 5 nitrogen and oxygen atoms in total. The summed E-state index contributed by atoms with van der Waals surface area (Å²) < 4.78 is 0. The topological polar surface area (TPSA) is 55.8 Å². The molecule has 3 aromatic carbocycles. The standard InChI is InChI=1S/C29H33N3O2/c33-28(25-12-6-13-27(18-25)30-19-23-8-2-1-3-9-23)32-16-7-15-29(34,22-32)21-31-17-14-24-10-4-5-11-26(24)20-31/h1-6,8-13,18,30,34H,7,14-17,19-22H2. The Hall–Kier alpha value is -3.15. The molecule has 1 saturated heterocycles. The van der Waals surface area contributed by atoms with Gasteiger partial charge in [0.25, 0.3) is 5.91 Å². The molecule has 0 radical (unpaired) electrons. The molecular formula is C29H33N3O2. The van der Waals surface area contributed by atoms with Gasteiger partial charge in [0.15, 0.2) is 0 Å². The first-order valence-electron chi connectivity index (χ1n) is 12.3. The highest BCUT2D eigenvalue weighted by atomic mass is 16.3. The number of nitrogens with one attached hydrogen (secondary N) is 1. The van der Waals surface area contributed by atoms with Crippen molar-refractivity contribution < 1.29 is 9.90 Å². The molecule has 5 rings (SSSR count). The summed E-state index contributed by atoms with van der Waals surface area (Å²) in [6.07, 6.45) is 2.56. The number of anilines is 1. The molecule has 0 saturated carbocycles. The highest BCUT2D eigenvalue weighted by Gasteiger charge is 2.37. The van der Waals surface area contributed by atoms with Crippen LogP contribution in [-0.2, 0) is 19.5 Å². The molecule has 1 unspecified atom stereocenters. The second kappa shape index (κ2) is 10.00. The van der Waals surface area contributed by atoms with Gasteiger partial charge < -0.3 is 15.3 Å². The highest BCUT2D eigenvalue weighted by Crippen LogP contribution is 2.27. The number of carbonyl (C=O) groups is 1. The van der Waals surface area contributed by atoms with E-state index in [9.17, 15) is 9.90 Å². The van der Waals surface area contributed by atoms with Crippen LogP contribution in [0, 0.1) is 0 Å². The number of fused-ring (bicyclic) bond motifs is 1. The quantitative estimate of drug-likeness (QED) is 0.581. The summed E-state index contributed by atoms with van der Waals surface area (Å²) in [6, 6.07) is 26.5. The Labute approximate surface area is 202 Å². The maximum atomic E-state index is 13.3. The third-order valence-electron chi connectivity index (χ3n) is 7.02. The number of aliphatic hydroxyl groups is 1. The van der Waals surface area contributed by atoms with E-state index in [0.717, 1.165) is 38.0 Å². The van der Waals surface area contributed by atoms with Gasteiger partial charge in [-0.25, -0.2) is 0 Å². The lowest BCUT2D eigenvalue weighted by Gasteiger charge is -2.43. The second-order valence-corrected chi connectivity index (χ2v) is 9.70. The Kier molecular flexibility index (Phi) is 6.66. The molecule has 0 aromatic heterocycles. The average Bonchev–Trinajstić information content (AvgIpc) is 2.87. The average molecular weight is 456 g/mol. The van der Waals surface area contributed by atoms with E-state index >= 15 is 0 Å². The Morgan fingerprint density at radius 2 is 1.74 bits per heavy atom.